The third kappa shape index (κ3) is 3.58. The topological polar surface area (TPSA) is 89.2 Å². The summed E-state index contributed by atoms with van der Waals surface area (Å²) in [5, 5.41) is 19.1. The van der Waals surface area contributed by atoms with Gasteiger partial charge in [-0.2, -0.15) is 5.10 Å². The van der Waals surface area contributed by atoms with Gasteiger partial charge in [0, 0.05) is 32.8 Å². The van der Waals surface area contributed by atoms with E-state index < -0.39 is 0 Å². The van der Waals surface area contributed by atoms with E-state index in [0.29, 0.717) is 24.9 Å². The maximum atomic E-state index is 5.80. The van der Waals surface area contributed by atoms with Crippen LogP contribution in [0.5, 0.6) is 0 Å². The van der Waals surface area contributed by atoms with Crippen LogP contribution in [-0.4, -0.2) is 57.6 Å². The van der Waals surface area contributed by atoms with Crippen molar-refractivity contribution in [3.63, 3.8) is 0 Å². The Balaban J connectivity index is 1.55. The van der Waals surface area contributed by atoms with Crippen LogP contribution >= 0.6 is 0 Å². The van der Waals surface area contributed by atoms with Gasteiger partial charge in [0.05, 0.1) is 18.8 Å². The van der Waals surface area contributed by atoms with Crippen LogP contribution < -0.4 is 5.32 Å². The Morgan fingerprint density at radius 1 is 1.41 bits per heavy atom. The second-order valence-corrected chi connectivity index (χ2v) is 5.31. The van der Waals surface area contributed by atoms with Gasteiger partial charge in [-0.1, -0.05) is 0 Å². The summed E-state index contributed by atoms with van der Waals surface area (Å²) < 4.78 is 11.3. The molecule has 118 valence electrons. The van der Waals surface area contributed by atoms with E-state index in [1.807, 2.05) is 12.1 Å². The minimum atomic E-state index is 0.0854. The molecule has 1 fully saturated rings. The van der Waals surface area contributed by atoms with Crippen LogP contribution in [0.3, 0.4) is 0 Å². The Morgan fingerprint density at radius 3 is 3.05 bits per heavy atom. The minimum Gasteiger partial charge on any atom is -0.424 e. The van der Waals surface area contributed by atoms with Crippen molar-refractivity contribution >= 4 is 5.82 Å². The zero-order valence-corrected chi connectivity index (χ0v) is 12.8. The van der Waals surface area contributed by atoms with Crippen molar-refractivity contribution in [1.82, 2.24) is 25.3 Å². The maximum absolute atomic E-state index is 5.80. The lowest BCUT2D eigenvalue weighted by atomic mass is 10.2. The first kappa shape index (κ1) is 14.9. The van der Waals surface area contributed by atoms with Crippen LogP contribution in [-0.2, 0) is 4.74 Å². The van der Waals surface area contributed by atoms with Crippen molar-refractivity contribution in [3.05, 3.63) is 30.1 Å². The molecule has 2 aromatic heterocycles. The summed E-state index contributed by atoms with van der Waals surface area (Å²) in [6.45, 7) is 6.90. The molecule has 0 unspecified atom stereocenters. The number of nitrogens with one attached hydrogen (secondary N) is 1. The highest BCUT2D eigenvalue weighted by Crippen LogP contribution is 2.21. The van der Waals surface area contributed by atoms with Gasteiger partial charge in [0.2, 0.25) is 11.8 Å². The Bertz CT molecular complexity index is 590. The second-order valence-electron chi connectivity index (χ2n) is 5.31. The van der Waals surface area contributed by atoms with Crippen LogP contribution in [0, 0.1) is 6.92 Å². The summed E-state index contributed by atoms with van der Waals surface area (Å²) in [4.78, 5) is 2.29. The largest absolute Gasteiger partial charge is 0.424 e. The van der Waals surface area contributed by atoms with Gasteiger partial charge in [-0.05, 0) is 19.1 Å². The zero-order valence-electron chi connectivity index (χ0n) is 12.8. The van der Waals surface area contributed by atoms with Gasteiger partial charge in [0.1, 0.15) is 5.82 Å². The molecular weight excluding hydrogens is 284 g/mol. The molecular formula is C14H20N6O2. The van der Waals surface area contributed by atoms with Crippen molar-refractivity contribution in [2.75, 3.05) is 31.6 Å². The third-order valence-corrected chi connectivity index (χ3v) is 3.70. The molecule has 1 N–H and O–H groups in total. The summed E-state index contributed by atoms with van der Waals surface area (Å²) in [6, 6.07) is 3.82. The molecule has 0 spiro atoms. The van der Waals surface area contributed by atoms with Crippen LogP contribution in [0.4, 0.5) is 5.82 Å². The molecule has 0 bridgehead atoms. The predicted molar refractivity (Wildman–Crippen MR) is 79.3 cm³/mol. The van der Waals surface area contributed by atoms with Gasteiger partial charge >= 0.3 is 0 Å². The van der Waals surface area contributed by atoms with Gasteiger partial charge in [-0.3, -0.25) is 4.90 Å². The summed E-state index contributed by atoms with van der Waals surface area (Å²) >= 11 is 0. The van der Waals surface area contributed by atoms with Crippen LogP contribution in [0.1, 0.15) is 24.7 Å². The number of hydrogen-bond acceptors (Lipinski definition) is 8. The number of anilines is 1. The average molecular weight is 304 g/mol. The molecule has 22 heavy (non-hydrogen) atoms. The van der Waals surface area contributed by atoms with E-state index in [1.165, 1.54) is 0 Å². The van der Waals surface area contributed by atoms with E-state index in [2.05, 4.69) is 37.5 Å². The van der Waals surface area contributed by atoms with Gasteiger partial charge in [0.15, 0.2) is 0 Å². The molecule has 2 atom stereocenters. The van der Waals surface area contributed by atoms with E-state index in [4.69, 9.17) is 9.15 Å². The number of ether oxygens (including phenoxy) is 1. The summed E-state index contributed by atoms with van der Waals surface area (Å²) in [7, 11) is 0. The van der Waals surface area contributed by atoms with Gasteiger partial charge in [-0.25, -0.2) is 0 Å². The molecule has 0 radical (unpaired) electrons. The van der Waals surface area contributed by atoms with Gasteiger partial charge < -0.3 is 14.5 Å². The SMILES string of the molecule is Cc1nnc([C@H](C)N2CCO[C@H](CNc3cccnn3)C2)o1. The monoisotopic (exact) mass is 304 g/mol. The van der Waals surface area contributed by atoms with Gasteiger partial charge in [0.25, 0.3) is 0 Å². The van der Waals surface area contributed by atoms with E-state index in [-0.39, 0.29) is 12.1 Å². The first-order valence-corrected chi connectivity index (χ1v) is 7.39. The van der Waals surface area contributed by atoms with Crippen molar-refractivity contribution < 1.29 is 9.15 Å². The zero-order chi connectivity index (χ0) is 15.4. The quantitative estimate of drug-likeness (QED) is 0.876. The number of nitrogens with zero attached hydrogens (tertiary/aromatic N) is 5. The van der Waals surface area contributed by atoms with Gasteiger partial charge in [-0.15, -0.1) is 15.3 Å². The van der Waals surface area contributed by atoms with E-state index in [9.17, 15) is 0 Å². The van der Waals surface area contributed by atoms with E-state index in [1.54, 1.807) is 13.1 Å². The lowest BCUT2D eigenvalue weighted by Crippen LogP contribution is -2.46. The average Bonchev–Trinajstić information content (AvgIpc) is 3.00. The van der Waals surface area contributed by atoms with Crippen molar-refractivity contribution in [2.45, 2.75) is 26.0 Å². The molecule has 0 aliphatic carbocycles. The van der Waals surface area contributed by atoms with Crippen molar-refractivity contribution in [3.8, 4) is 0 Å². The molecule has 0 aromatic carbocycles. The van der Waals surface area contributed by atoms with Crippen LogP contribution in [0.25, 0.3) is 0 Å². The lowest BCUT2D eigenvalue weighted by Gasteiger charge is -2.35. The molecule has 8 nitrogen and oxygen atoms in total. The fourth-order valence-electron chi connectivity index (χ4n) is 2.47. The molecule has 1 aliphatic rings. The molecule has 1 saturated heterocycles. The molecule has 8 heteroatoms. The highest BCUT2D eigenvalue weighted by atomic mass is 16.5. The molecule has 1 aliphatic heterocycles. The Labute approximate surface area is 128 Å². The standard InChI is InChI=1S/C14H20N6O2/c1-10(14-19-17-11(2)22-14)20-6-7-21-12(9-20)8-15-13-4-3-5-16-18-13/h3-5,10,12H,6-9H2,1-2H3,(H,15,18)/t10-,12+/m0/s1. The second kappa shape index (κ2) is 6.80. The molecule has 3 rings (SSSR count). The fourth-order valence-corrected chi connectivity index (χ4v) is 2.47. The first-order chi connectivity index (χ1) is 10.7. The van der Waals surface area contributed by atoms with E-state index in [0.717, 1.165) is 18.9 Å². The highest BCUT2D eigenvalue weighted by molar-refractivity contribution is 5.31. The molecule has 2 aromatic rings. The Hall–Kier alpha value is -2.06. The lowest BCUT2D eigenvalue weighted by molar-refractivity contribution is -0.0381. The highest BCUT2D eigenvalue weighted by Gasteiger charge is 2.27. The summed E-state index contributed by atoms with van der Waals surface area (Å²) in [5.41, 5.74) is 0. The number of morpholine rings is 1. The summed E-state index contributed by atoms with van der Waals surface area (Å²) in [6.07, 6.45) is 1.74. The Morgan fingerprint density at radius 2 is 2.32 bits per heavy atom. The van der Waals surface area contributed by atoms with Crippen LogP contribution in [0.2, 0.25) is 0 Å². The smallest absolute Gasteiger partial charge is 0.233 e. The maximum Gasteiger partial charge on any atom is 0.233 e. The summed E-state index contributed by atoms with van der Waals surface area (Å²) in [5.74, 6) is 2.00. The number of aromatic nitrogens is 4. The van der Waals surface area contributed by atoms with Crippen molar-refractivity contribution in [2.24, 2.45) is 0 Å². The molecule has 3 heterocycles. The number of aryl methyl sites for hydroxylation is 1. The van der Waals surface area contributed by atoms with Crippen molar-refractivity contribution in [1.29, 1.82) is 0 Å². The minimum absolute atomic E-state index is 0.0854. The molecule has 0 amide bonds. The number of hydrogen-bond donors (Lipinski definition) is 1. The molecule has 0 saturated carbocycles. The number of rotatable bonds is 5. The van der Waals surface area contributed by atoms with Crippen LogP contribution in [0.15, 0.2) is 22.7 Å². The normalized spacial score (nSPS) is 20.7. The van der Waals surface area contributed by atoms with E-state index >= 15 is 0 Å². The Kier molecular flexibility index (Phi) is 4.59. The first-order valence-electron chi connectivity index (χ1n) is 7.39. The predicted octanol–water partition coefficient (Wildman–Crippen LogP) is 1.04. The third-order valence-electron chi connectivity index (χ3n) is 3.70. The fraction of sp³-hybridized carbons (Fsp3) is 0.571.